The van der Waals surface area contributed by atoms with Gasteiger partial charge in [-0.15, -0.1) is 0 Å². The van der Waals surface area contributed by atoms with E-state index in [1.165, 1.54) is 23.9 Å². The summed E-state index contributed by atoms with van der Waals surface area (Å²) in [6.45, 7) is 0.365. The molecule has 1 amide bonds. The topological polar surface area (TPSA) is 51.5 Å². The molecule has 116 valence electrons. The molecule has 0 aromatic carbocycles. The first-order valence-corrected chi connectivity index (χ1v) is 6.83. The molecule has 1 fully saturated rings. The van der Waals surface area contributed by atoms with E-state index >= 15 is 0 Å². The van der Waals surface area contributed by atoms with E-state index in [0.29, 0.717) is 25.9 Å². The number of carbonyl (C=O) groups is 2. The molecular weight excluding hydrogens is 282 g/mol. The number of carbonyl (C=O) groups excluding carboxylic acids is 2. The van der Waals surface area contributed by atoms with Crippen molar-refractivity contribution in [1.82, 2.24) is 9.47 Å². The Kier molecular flexibility index (Phi) is 4.93. The Morgan fingerprint density at radius 2 is 2.05 bits per heavy atom. The Morgan fingerprint density at radius 3 is 2.62 bits per heavy atom. The van der Waals surface area contributed by atoms with Gasteiger partial charge in [-0.2, -0.15) is 0 Å². The number of methoxy groups -OCH3 is 1. The van der Waals surface area contributed by atoms with Crippen molar-refractivity contribution in [1.29, 1.82) is 0 Å². The normalized spacial score (nSPS) is 16.3. The number of halogens is 2. The van der Waals surface area contributed by atoms with Crippen molar-refractivity contribution in [2.45, 2.75) is 25.8 Å². The van der Waals surface area contributed by atoms with Gasteiger partial charge in [0.05, 0.1) is 19.6 Å². The van der Waals surface area contributed by atoms with Crippen LogP contribution in [0.2, 0.25) is 0 Å². The van der Waals surface area contributed by atoms with Gasteiger partial charge >= 0.3 is 5.97 Å². The molecule has 2 heterocycles. The van der Waals surface area contributed by atoms with E-state index in [2.05, 4.69) is 0 Å². The molecule has 5 nitrogen and oxygen atoms in total. The van der Waals surface area contributed by atoms with E-state index in [1.54, 1.807) is 11.0 Å². The van der Waals surface area contributed by atoms with E-state index in [1.807, 2.05) is 0 Å². The van der Waals surface area contributed by atoms with Gasteiger partial charge in [-0.25, -0.2) is 8.78 Å². The number of hydrogen-bond donors (Lipinski definition) is 0. The maximum atomic E-state index is 12.5. The summed E-state index contributed by atoms with van der Waals surface area (Å²) in [5.41, 5.74) is 0.256. The molecule has 7 heteroatoms. The van der Waals surface area contributed by atoms with Crippen LogP contribution in [-0.2, 0) is 16.1 Å². The third-order valence-corrected chi connectivity index (χ3v) is 3.70. The van der Waals surface area contributed by atoms with E-state index in [9.17, 15) is 18.4 Å². The highest BCUT2D eigenvalue weighted by Gasteiger charge is 2.29. The Labute approximate surface area is 121 Å². The molecule has 2 rings (SSSR count). The summed E-state index contributed by atoms with van der Waals surface area (Å²) in [5, 5.41) is 0. The van der Waals surface area contributed by atoms with Gasteiger partial charge in [0.1, 0.15) is 5.69 Å². The van der Waals surface area contributed by atoms with Crippen LogP contribution in [0.4, 0.5) is 8.78 Å². The van der Waals surface area contributed by atoms with Crippen LogP contribution in [0.3, 0.4) is 0 Å². The lowest BCUT2D eigenvalue weighted by atomic mass is 9.97. The van der Waals surface area contributed by atoms with E-state index in [4.69, 9.17) is 4.74 Å². The average molecular weight is 300 g/mol. The lowest BCUT2D eigenvalue weighted by Gasteiger charge is -2.30. The summed E-state index contributed by atoms with van der Waals surface area (Å²) in [6.07, 6.45) is 0.0386. The standard InChI is InChI=1S/C14H18F2N2O3/c1-21-14(20)10-4-7-17(8-5-10)13(19)11-3-2-6-18(11)9-12(15)16/h2-3,6,10,12H,4-5,7-9H2,1H3. The highest BCUT2D eigenvalue weighted by molar-refractivity contribution is 5.93. The number of nitrogens with zero attached hydrogens (tertiary/aromatic N) is 2. The highest BCUT2D eigenvalue weighted by Crippen LogP contribution is 2.20. The van der Waals surface area contributed by atoms with Gasteiger partial charge < -0.3 is 14.2 Å². The first-order chi connectivity index (χ1) is 10.0. The maximum Gasteiger partial charge on any atom is 0.308 e. The van der Waals surface area contributed by atoms with Gasteiger partial charge in [0.15, 0.2) is 0 Å². The van der Waals surface area contributed by atoms with Crippen LogP contribution in [0, 0.1) is 5.92 Å². The summed E-state index contributed by atoms with van der Waals surface area (Å²) in [5.74, 6) is -0.723. The van der Waals surface area contributed by atoms with Crippen molar-refractivity contribution >= 4 is 11.9 Å². The fourth-order valence-corrected chi connectivity index (χ4v) is 2.56. The van der Waals surface area contributed by atoms with Crippen molar-refractivity contribution < 1.29 is 23.1 Å². The number of esters is 1. The summed E-state index contributed by atoms with van der Waals surface area (Å²) in [6, 6.07) is 3.12. The molecule has 1 aromatic rings. The smallest absolute Gasteiger partial charge is 0.308 e. The van der Waals surface area contributed by atoms with Crippen LogP contribution >= 0.6 is 0 Å². The van der Waals surface area contributed by atoms with Crippen molar-refractivity contribution in [2.24, 2.45) is 5.92 Å². The molecule has 0 aliphatic carbocycles. The van der Waals surface area contributed by atoms with Crippen LogP contribution < -0.4 is 0 Å². The molecule has 0 radical (unpaired) electrons. The molecule has 1 aliphatic rings. The van der Waals surface area contributed by atoms with E-state index < -0.39 is 13.0 Å². The minimum absolute atomic E-state index is 0.188. The SMILES string of the molecule is COC(=O)C1CCN(C(=O)c2cccn2CC(F)F)CC1. The van der Waals surface area contributed by atoms with Crippen LogP contribution in [0.1, 0.15) is 23.3 Å². The zero-order chi connectivity index (χ0) is 15.4. The summed E-state index contributed by atoms with van der Waals surface area (Å²) < 4.78 is 30.9. The number of rotatable bonds is 4. The second kappa shape index (κ2) is 6.69. The molecule has 0 unspecified atom stereocenters. The molecule has 21 heavy (non-hydrogen) atoms. The molecule has 1 saturated heterocycles. The van der Waals surface area contributed by atoms with Crippen LogP contribution in [0.5, 0.6) is 0 Å². The molecule has 0 bridgehead atoms. The Bertz CT molecular complexity index is 508. The van der Waals surface area contributed by atoms with Crippen molar-refractivity contribution in [3.8, 4) is 0 Å². The molecule has 0 saturated carbocycles. The Morgan fingerprint density at radius 1 is 1.38 bits per heavy atom. The lowest BCUT2D eigenvalue weighted by Crippen LogP contribution is -2.41. The Hall–Kier alpha value is -1.92. The summed E-state index contributed by atoms with van der Waals surface area (Å²) >= 11 is 0. The summed E-state index contributed by atoms with van der Waals surface area (Å²) in [4.78, 5) is 25.4. The fourth-order valence-electron chi connectivity index (χ4n) is 2.56. The van der Waals surface area contributed by atoms with Gasteiger partial charge in [-0.3, -0.25) is 9.59 Å². The van der Waals surface area contributed by atoms with Gasteiger partial charge in [-0.1, -0.05) is 0 Å². The van der Waals surface area contributed by atoms with Crippen molar-refractivity contribution in [3.63, 3.8) is 0 Å². The number of amides is 1. The number of ether oxygens (including phenoxy) is 1. The monoisotopic (exact) mass is 300 g/mol. The van der Waals surface area contributed by atoms with Gasteiger partial charge in [0, 0.05) is 19.3 Å². The first-order valence-electron chi connectivity index (χ1n) is 6.83. The molecule has 1 aliphatic heterocycles. The highest BCUT2D eigenvalue weighted by atomic mass is 19.3. The lowest BCUT2D eigenvalue weighted by molar-refractivity contribution is -0.146. The number of piperidine rings is 1. The van der Waals surface area contributed by atoms with E-state index in [-0.39, 0.29) is 23.5 Å². The van der Waals surface area contributed by atoms with Crippen molar-refractivity contribution in [3.05, 3.63) is 24.0 Å². The first kappa shape index (κ1) is 15.5. The largest absolute Gasteiger partial charge is 0.469 e. The van der Waals surface area contributed by atoms with Crippen LogP contribution in [-0.4, -0.2) is 48.0 Å². The number of likely N-dealkylation sites (tertiary alicyclic amines) is 1. The van der Waals surface area contributed by atoms with Crippen LogP contribution in [0.25, 0.3) is 0 Å². The zero-order valence-corrected chi connectivity index (χ0v) is 11.8. The maximum absolute atomic E-state index is 12.5. The van der Waals surface area contributed by atoms with Gasteiger partial charge in [-0.05, 0) is 25.0 Å². The average Bonchev–Trinajstić information content (AvgIpc) is 2.93. The van der Waals surface area contributed by atoms with E-state index in [0.717, 1.165) is 0 Å². The number of aromatic nitrogens is 1. The second-order valence-corrected chi connectivity index (χ2v) is 5.03. The number of hydrogen-bond acceptors (Lipinski definition) is 3. The number of alkyl halides is 2. The zero-order valence-electron chi connectivity index (χ0n) is 11.8. The van der Waals surface area contributed by atoms with Crippen molar-refractivity contribution in [2.75, 3.05) is 20.2 Å². The minimum atomic E-state index is -2.51. The van der Waals surface area contributed by atoms with Crippen LogP contribution in [0.15, 0.2) is 18.3 Å². The van der Waals surface area contributed by atoms with Gasteiger partial charge in [0.25, 0.3) is 12.3 Å². The predicted octanol–water partition coefficient (Wildman–Crippen LogP) is 1.78. The second-order valence-electron chi connectivity index (χ2n) is 5.03. The summed E-state index contributed by atoms with van der Waals surface area (Å²) in [7, 11) is 1.34. The molecule has 1 aromatic heterocycles. The van der Waals surface area contributed by atoms with Gasteiger partial charge in [0.2, 0.25) is 0 Å². The third-order valence-electron chi connectivity index (χ3n) is 3.70. The fraction of sp³-hybridized carbons (Fsp3) is 0.571. The Balaban J connectivity index is 1.99. The quantitative estimate of drug-likeness (QED) is 0.796. The molecule has 0 spiro atoms. The molecule has 0 N–H and O–H groups in total. The third kappa shape index (κ3) is 3.59. The molecule has 0 atom stereocenters. The predicted molar refractivity (Wildman–Crippen MR) is 71.1 cm³/mol. The molecular formula is C14H18F2N2O3. The minimum Gasteiger partial charge on any atom is -0.469 e.